The Balaban J connectivity index is 0.000000187. The van der Waals surface area contributed by atoms with E-state index in [2.05, 4.69) is 128 Å². The largest absolute Gasteiger partial charge is 0.304 e. The van der Waals surface area contributed by atoms with Gasteiger partial charge in [-0.15, -0.1) is 287 Å². The minimum atomic E-state index is -2.13. The van der Waals surface area contributed by atoms with Crippen molar-refractivity contribution in [2.24, 2.45) is 0 Å². The van der Waals surface area contributed by atoms with Gasteiger partial charge in [-0.25, -0.2) is 34.9 Å². The molecule has 20 aromatic rings. The van der Waals surface area contributed by atoms with Gasteiger partial charge in [-0.3, -0.25) is 4.98 Å². The van der Waals surface area contributed by atoms with Crippen molar-refractivity contribution in [3.05, 3.63) is 484 Å². The summed E-state index contributed by atoms with van der Waals surface area (Å²) >= 11 is 0. The number of nitrogens with zero attached hydrogens (tertiary/aromatic N) is 16. The zero-order valence-electron chi connectivity index (χ0n) is 85.9. The number of aryl methyl sites for hydroxylation is 8. The molecule has 8 aromatic carbocycles. The molecule has 0 aliphatic carbocycles. The summed E-state index contributed by atoms with van der Waals surface area (Å²) in [6, 6.07) is 122. The molecule has 0 N–H and O–H groups in total. The van der Waals surface area contributed by atoms with Gasteiger partial charge in [-0.1, -0.05) is 103 Å². The summed E-state index contributed by atoms with van der Waals surface area (Å²) in [7, 11) is 0. The second kappa shape index (κ2) is 54.4. The zero-order valence-corrected chi connectivity index (χ0v) is 80.5. The maximum absolute atomic E-state index is 7.35. The number of pyridine rings is 9. The summed E-state index contributed by atoms with van der Waals surface area (Å²) < 4.78 is 109. The van der Waals surface area contributed by atoms with Gasteiger partial charge in [-0.2, -0.15) is 0 Å². The Hall–Kier alpha value is -14.1. The molecule has 0 unspecified atom stereocenters. The predicted molar refractivity (Wildman–Crippen MR) is 510 cm³/mol. The molecule has 0 aliphatic heterocycles. The van der Waals surface area contributed by atoms with Crippen molar-refractivity contribution in [1.82, 2.24) is 79.7 Å². The number of hydrogen-bond acceptors (Lipinski definition) is 16. The quantitative estimate of drug-likeness (QED) is 0.104. The molecule has 0 atom stereocenters. The maximum Gasteiger partial charge on any atom is 0.164 e. The van der Waals surface area contributed by atoms with Crippen LogP contribution >= 0.6 is 0 Å². The molecule has 660 valence electrons. The molecule has 12 heterocycles. The Morgan fingerprint density at radius 2 is 0.439 bits per heavy atom. The van der Waals surface area contributed by atoms with E-state index < -0.39 is 34.3 Å². The standard InChI is InChI=1S/C17H13N2.C16H13N4.C16H12N3.C15H10N3.4C12H10N.4Ir/c1-13-7-9-17(18-11-13)15-8-10-16(19-12-15)14-5-3-2-4-6-14;1-11-18-12(2)20-16(19-11)14-8-9-15(17-10-14)13-6-4-3-5-7-13;1-12-17-10-9-16(19-12)14-7-8-15(18-11-14)13-5-3-2-4-6-13;1-2-4-12(5-3-1)14-7-6-13(10-17-14)15-8-9-16-11-18-15;4*1-10-7-8-12(13-9-10)11-5-3-2-4-6-11;;;;/h2-5,7-12H,1H3;3-6,8-10H,1-2H3;2-5,7-11H,1H3;1-4,6-11H;4*2-5,7-9H,1H3;;;;/q8*-1;;;;/i1D3;;;;4*1D3;;;;. The van der Waals surface area contributed by atoms with Gasteiger partial charge in [0.2, 0.25) is 0 Å². The number of aromatic nitrogens is 16. The van der Waals surface area contributed by atoms with Crippen LogP contribution in [0.5, 0.6) is 0 Å². The predicted octanol–water partition coefficient (Wildman–Crippen LogP) is 24.7. The van der Waals surface area contributed by atoms with Crippen molar-refractivity contribution >= 4 is 0 Å². The second-order valence-corrected chi connectivity index (χ2v) is 27.4. The average Bonchev–Trinajstić information content (AvgIpc) is 0.800. The van der Waals surface area contributed by atoms with E-state index in [-0.39, 0.29) is 108 Å². The van der Waals surface area contributed by atoms with E-state index in [0.29, 0.717) is 23.2 Å². The van der Waals surface area contributed by atoms with E-state index in [1.807, 2.05) is 264 Å². The van der Waals surface area contributed by atoms with Gasteiger partial charge >= 0.3 is 0 Å². The minimum absolute atomic E-state index is 0. The van der Waals surface area contributed by atoms with Crippen molar-refractivity contribution in [3.63, 3.8) is 0 Å². The summed E-state index contributed by atoms with van der Waals surface area (Å²) in [6.45, 7) is -4.89. The van der Waals surface area contributed by atoms with Crippen LogP contribution in [0.15, 0.2) is 390 Å². The van der Waals surface area contributed by atoms with Crippen molar-refractivity contribution in [2.75, 3.05) is 0 Å². The van der Waals surface area contributed by atoms with Gasteiger partial charge in [0.25, 0.3) is 0 Å². The van der Waals surface area contributed by atoms with E-state index >= 15 is 0 Å². The normalized spacial score (nSPS) is 12.0. The topological polar surface area (TPSA) is 206 Å². The van der Waals surface area contributed by atoms with Crippen molar-refractivity contribution in [1.29, 1.82) is 0 Å². The Labute approximate surface area is 848 Å². The van der Waals surface area contributed by atoms with Crippen LogP contribution < -0.4 is 0 Å². The molecular weight excluding hydrogens is 2340 g/mol. The molecule has 132 heavy (non-hydrogen) atoms. The SMILES string of the molecule is Cc1nc(C)nc(-c2ccc(-c3[c-]cccc3)nc2)n1.Cc1nccc(-c2ccc(-c3[c-]cccc3)nc2)n1.[2H]C([2H])([2H])c1ccc(-c2[c-]cccc2)nc1.[2H]C([2H])([2H])c1ccc(-c2[c-]cccc2)nc1.[2H]C([2H])([2H])c1ccc(-c2[c-]cccc2)nc1.[2H]C([2H])([2H])c1ccc(-c2[c-]cccc2)nc1.[2H]C([2H])([2H])c1ccc(-c2ccc(-c3[c-]cccc3)nc2)nc1.[Ir].[Ir].[Ir].[Ir].[c-]1ccccc1-c1ccc(-c2ccncn2)cn1. The minimum Gasteiger partial charge on any atom is -0.304 e. The Kier molecular flexibility index (Phi) is 33.4. The zero-order chi connectivity index (χ0) is 101. The first kappa shape index (κ1) is 81.1. The summed E-state index contributed by atoms with van der Waals surface area (Å²) in [6.07, 6.45) is 19.1. The van der Waals surface area contributed by atoms with Crippen LogP contribution in [0.2, 0.25) is 0 Å². The molecule has 12 aromatic heterocycles. The molecule has 20 heteroatoms. The van der Waals surface area contributed by atoms with E-state index in [1.165, 1.54) is 37.3 Å². The van der Waals surface area contributed by atoms with Crippen LogP contribution in [-0.4, -0.2) is 79.7 Å². The molecule has 0 bridgehead atoms. The van der Waals surface area contributed by atoms with E-state index in [9.17, 15) is 0 Å². The molecule has 20 rings (SSSR count). The van der Waals surface area contributed by atoms with Gasteiger partial charge in [0, 0.05) is 191 Å². The molecule has 0 amide bonds. The van der Waals surface area contributed by atoms with Crippen molar-refractivity contribution in [2.45, 2.75) is 55.0 Å². The number of hydrogen-bond donors (Lipinski definition) is 0. The fraction of sp³-hybridized carbons (Fsp3) is 0.0714. The molecule has 16 nitrogen and oxygen atoms in total. The van der Waals surface area contributed by atoms with Crippen molar-refractivity contribution < 1.29 is 101 Å². The fourth-order valence-corrected chi connectivity index (χ4v) is 11.8. The van der Waals surface area contributed by atoms with Crippen LogP contribution in [0.3, 0.4) is 0 Å². The summed E-state index contributed by atoms with van der Waals surface area (Å²) in [5.74, 6) is 2.85. The smallest absolute Gasteiger partial charge is 0.164 e. The number of benzene rings is 8. The van der Waals surface area contributed by atoms with Crippen molar-refractivity contribution in [3.8, 4) is 135 Å². The van der Waals surface area contributed by atoms with E-state index in [4.69, 9.17) is 20.6 Å². The van der Waals surface area contributed by atoms with Gasteiger partial charge in [0.05, 0.1) is 17.1 Å². The van der Waals surface area contributed by atoms with E-state index in [1.54, 1.807) is 110 Å². The van der Waals surface area contributed by atoms with Crippen LogP contribution in [0.25, 0.3) is 135 Å². The third-order valence-electron chi connectivity index (χ3n) is 18.1. The molecule has 0 spiro atoms. The monoisotopic (exact) mass is 2440 g/mol. The van der Waals surface area contributed by atoms with E-state index in [0.717, 1.165) is 130 Å². The third kappa shape index (κ3) is 32.2. The third-order valence-corrected chi connectivity index (χ3v) is 18.1. The molecule has 0 saturated carbocycles. The molecule has 0 aliphatic rings. The second-order valence-electron chi connectivity index (χ2n) is 27.4. The molecular formula is C112H88Ir4N16-8. The fourth-order valence-electron chi connectivity index (χ4n) is 11.8. The van der Waals surface area contributed by atoms with Gasteiger partial charge in [0.1, 0.15) is 23.8 Å². The molecule has 0 saturated heterocycles. The summed E-state index contributed by atoms with van der Waals surface area (Å²) in [4.78, 5) is 67.9. The summed E-state index contributed by atoms with van der Waals surface area (Å²) in [5.41, 5.74) is 21.2. The first-order valence-electron chi connectivity index (χ1n) is 47.5. The first-order valence-corrected chi connectivity index (χ1v) is 40.0. The van der Waals surface area contributed by atoms with Crippen LogP contribution in [-0.2, 0) is 80.4 Å². The van der Waals surface area contributed by atoms with Crippen LogP contribution in [0.4, 0.5) is 0 Å². The van der Waals surface area contributed by atoms with Crippen LogP contribution in [0, 0.1) is 104 Å². The Bertz CT molecular complexity index is 6820. The molecule has 0 fully saturated rings. The van der Waals surface area contributed by atoms with Gasteiger partial charge < -0.3 is 39.9 Å². The van der Waals surface area contributed by atoms with Gasteiger partial charge in [0.15, 0.2) is 5.82 Å². The molecule has 4 radical (unpaired) electrons. The van der Waals surface area contributed by atoms with Crippen LogP contribution in [0.1, 0.15) is 65.9 Å². The average molecular weight is 2440 g/mol. The number of rotatable bonds is 12. The Morgan fingerprint density at radius 1 is 0.197 bits per heavy atom. The summed E-state index contributed by atoms with van der Waals surface area (Å²) in [5, 5.41) is 0. The first-order chi connectivity index (χ1) is 68.8. The maximum atomic E-state index is 7.35. The van der Waals surface area contributed by atoms with Gasteiger partial charge in [-0.05, 0) is 147 Å². The Morgan fingerprint density at radius 3 is 0.659 bits per heavy atom.